The molecule has 0 spiro atoms. The van der Waals surface area contributed by atoms with Gasteiger partial charge in [-0.25, -0.2) is 0 Å². The molecule has 7 aromatic rings. The van der Waals surface area contributed by atoms with Gasteiger partial charge in [0.15, 0.2) is 10.9 Å². The van der Waals surface area contributed by atoms with Crippen LogP contribution >= 0.6 is 0 Å². The molecule has 1 heterocycles. The molecule has 0 radical (unpaired) electrons. The van der Waals surface area contributed by atoms with Crippen LogP contribution in [0.25, 0.3) is 64.6 Å². The Labute approximate surface area is 187 Å². The molecule has 0 amide bonds. The summed E-state index contributed by atoms with van der Waals surface area (Å²) in [4.78, 5) is 27.2. The van der Waals surface area contributed by atoms with Crippen molar-refractivity contribution in [3.63, 3.8) is 0 Å². The lowest BCUT2D eigenvalue weighted by Crippen LogP contribution is -2.08. The second-order valence-corrected chi connectivity index (χ2v) is 9.04. The average molecular weight is 424 g/mol. The molecule has 0 atom stereocenters. The van der Waals surface area contributed by atoms with Crippen molar-refractivity contribution < 1.29 is 4.74 Å². The predicted molar refractivity (Wildman–Crippen MR) is 135 cm³/mol. The van der Waals surface area contributed by atoms with Gasteiger partial charge in [-0.2, -0.15) is 0 Å². The van der Waals surface area contributed by atoms with Crippen LogP contribution in [-0.2, 0) is 18.0 Å². The second kappa shape index (κ2) is 5.83. The van der Waals surface area contributed by atoms with E-state index in [9.17, 15) is 9.59 Å². The van der Waals surface area contributed by atoms with Gasteiger partial charge in [-0.15, -0.1) is 0 Å². The van der Waals surface area contributed by atoms with Crippen molar-refractivity contribution in [1.29, 1.82) is 0 Å². The summed E-state index contributed by atoms with van der Waals surface area (Å²) in [6.07, 6.45) is 0. The molecule has 0 N–H and O–H groups in total. The Hall–Kier alpha value is -4.08. The van der Waals surface area contributed by atoms with Crippen LogP contribution in [0.3, 0.4) is 0 Å². The fourth-order valence-electron chi connectivity index (χ4n) is 6.15. The lowest BCUT2D eigenvalue weighted by molar-refractivity contribution is 0.110. The van der Waals surface area contributed by atoms with Crippen LogP contribution in [-0.4, -0.2) is 0 Å². The molecule has 0 bridgehead atoms. The van der Waals surface area contributed by atoms with Crippen LogP contribution in [0.15, 0.2) is 82.4 Å². The molecule has 3 nitrogen and oxygen atoms in total. The highest BCUT2D eigenvalue weighted by Crippen LogP contribution is 2.47. The minimum atomic E-state index is 0.0549. The van der Waals surface area contributed by atoms with Crippen molar-refractivity contribution in [2.45, 2.75) is 13.2 Å². The highest BCUT2D eigenvalue weighted by atomic mass is 16.5. The molecule has 0 fully saturated rings. The highest BCUT2D eigenvalue weighted by Gasteiger charge is 2.25. The Bertz CT molecular complexity index is 1940. The van der Waals surface area contributed by atoms with Crippen LogP contribution in [0.4, 0.5) is 0 Å². The van der Waals surface area contributed by atoms with Gasteiger partial charge in [0.25, 0.3) is 0 Å². The van der Waals surface area contributed by atoms with Gasteiger partial charge in [0.1, 0.15) is 0 Å². The Kier molecular flexibility index (Phi) is 3.09. The fourth-order valence-corrected chi connectivity index (χ4v) is 6.15. The van der Waals surface area contributed by atoms with Crippen LogP contribution in [0, 0.1) is 0 Å². The standard InChI is InChI=1S/C30H16O3/c31-29-19-7-3-1-5-17(19)25-26-18-6-2-4-8-20(18)30(32)22-12-10-16-14-33-13-15-9-11-21(29)27(25)23(15)24(16)28(22)26/h1-12H,13-14H2. The second-order valence-electron chi connectivity index (χ2n) is 9.04. The first kappa shape index (κ1) is 17.5. The normalized spacial score (nSPS) is 13.9. The van der Waals surface area contributed by atoms with Gasteiger partial charge in [0.05, 0.1) is 13.2 Å². The van der Waals surface area contributed by atoms with Gasteiger partial charge < -0.3 is 4.74 Å². The lowest BCUT2D eigenvalue weighted by Gasteiger charge is -2.19. The monoisotopic (exact) mass is 424 g/mol. The summed E-state index contributed by atoms with van der Waals surface area (Å²) in [5.41, 5.74) is 2.24. The van der Waals surface area contributed by atoms with E-state index >= 15 is 0 Å². The van der Waals surface area contributed by atoms with Gasteiger partial charge in [-0.3, -0.25) is 9.59 Å². The smallest absolute Gasteiger partial charge is 0.194 e. The topological polar surface area (TPSA) is 43.4 Å². The van der Waals surface area contributed by atoms with E-state index in [0.29, 0.717) is 24.0 Å². The maximum absolute atomic E-state index is 13.6. The summed E-state index contributed by atoms with van der Waals surface area (Å²) in [6, 6.07) is 23.7. The third-order valence-corrected chi connectivity index (χ3v) is 7.47. The van der Waals surface area contributed by atoms with Gasteiger partial charge in [-0.05, 0) is 43.4 Å². The van der Waals surface area contributed by atoms with Crippen LogP contribution in [0.1, 0.15) is 11.1 Å². The first-order chi connectivity index (χ1) is 16.2. The lowest BCUT2D eigenvalue weighted by atomic mass is 9.82. The van der Waals surface area contributed by atoms with E-state index in [-0.39, 0.29) is 10.9 Å². The van der Waals surface area contributed by atoms with E-state index in [2.05, 4.69) is 0 Å². The van der Waals surface area contributed by atoms with Crippen molar-refractivity contribution in [2.75, 3.05) is 0 Å². The van der Waals surface area contributed by atoms with Crippen molar-refractivity contribution >= 4 is 64.6 Å². The minimum Gasteiger partial charge on any atom is -0.372 e. The molecule has 3 heteroatoms. The summed E-state index contributed by atoms with van der Waals surface area (Å²) < 4.78 is 6.04. The van der Waals surface area contributed by atoms with E-state index in [1.165, 1.54) is 0 Å². The average Bonchev–Trinajstić information content (AvgIpc) is 3.05. The molecule has 0 saturated heterocycles. The SMILES string of the molecule is O=c1c2ccccc2c2c3c1ccc1c3c3c(ccc4c(=O)c5ccccc5c2c43)COC1. The van der Waals surface area contributed by atoms with Crippen LogP contribution in [0.5, 0.6) is 0 Å². The Balaban J connectivity index is 1.94. The van der Waals surface area contributed by atoms with Gasteiger partial charge in [0, 0.05) is 32.3 Å². The molecule has 0 aromatic heterocycles. The first-order valence-electron chi connectivity index (χ1n) is 11.2. The quantitative estimate of drug-likeness (QED) is 0.214. The van der Waals surface area contributed by atoms with Crippen molar-refractivity contribution in [3.05, 3.63) is 104 Å². The zero-order chi connectivity index (χ0) is 21.8. The largest absolute Gasteiger partial charge is 0.372 e. The molecule has 1 aliphatic heterocycles. The van der Waals surface area contributed by atoms with Gasteiger partial charge >= 0.3 is 0 Å². The predicted octanol–water partition coefficient (Wildman–Crippen LogP) is 6.23. The Morgan fingerprint density at radius 1 is 0.424 bits per heavy atom. The molecule has 0 unspecified atom stereocenters. The third kappa shape index (κ3) is 1.96. The Morgan fingerprint density at radius 3 is 1.27 bits per heavy atom. The molecule has 33 heavy (non-hydrogen) atoms. The third-order valence-electron chi connectivity index (χ3n) is 7.47. The Morgan fingerprint density at radius 2 is 0.818 bits per heavy atom. The van der Waals surface area contributed by atoms with Crippen molar-refractivity contribution in [1.82, 2.24) is 0 Å². The molecule has 1 aliphatic rings. The fraction of sp³-hybridized carbons (Fsp3) is 0.0667. The maximum atomic E-state index is 13.6. The number of ether oxygens (including phenoxy) is 1. The van der Waals surface area contributed by atoms with Gasteiger partial charge in [-0.1, -0.05) is 72.8 Å². The zero-order valence-corrected chi connectivity index (χ0v) is 17.6. The zero-order valence-electron chi connectivity index (χ0n) is 17.6. The first-order valence-corrected chi connectivity index (χ1v) is 11.2. The van der Waals surface area contributed by atoms with E-state index in [4.69, 9.17) is 4.74 Å². The van der Waals surface area contributed by atoms with Crippen LogP contribution < -0.4 is 10.9 Å². The highest BCUT2D eigenvalue weighted by molar-refractivity contribution is 6.42. The summed E-state index contributed by atoms with van der Waals surface area (Å²) in [6.45, 7) is 0.962. The molecule has 0 saturated carbocycles. The van der Waals surface area contributed by atoms with Crippen molar-refractivity contribution in [3.8, 4) is 0 Å². The summed E-state index contributed by atoms with van der Waals surface area (Å²) in [5.74, 6) is 0. The number of hydrogen-bond acceptors (Lipinski definition) is 3. The number of benzene rings is 7. The number of hydrogen-bond donors (Lipinski definition) is 0. The molecule has 154 valence electrons. The summed E-state index contributed by atoms with van der Waals surface area (Å²) >= 11 is 0. The van der Waals surface area contributed by atoms with E-state index in [1.54, 1.807) is 0 Å². The molecular weight excluding hydrogens is 408 g/mol. The minimum absolute atomic E-state index is 0.0549. The van der Waals surface area contributed by atoms with Crippen LogP contribution in [0.2, 0.25) is 0 Å². The van der Waals surface area contributed by atoms with E-state index < -0.39 is 0 Å². The maximum Gasteiger partial charge on any atom is 0.194 e. The van der Waals surface area contributed by atoms with E-state index in [1.807, 2.05) is 72.8 Å². The van der Waals surface area contributed by atoms with E-state index in [0.717, 1.165) is 65.0 Å². The molecular formula is C30H16O3. The summed E-state index contributed by atoms with van der Waals surface area (Å²) in [7, 11) is 0. The molecule has 0 aliphatic carbocycles. The van der Waals surface area contributed by atoms with Crippen molar-refractivity contribution in [2.24, 2.45) is 0 Å². The summed E-state index contributed by atoms with van der Waals surface area (Å²) in [5, 5.41) is 11.0. The number of rotatable bonds is 0. The molecule has 7 aromatic carbocycles. The number of fused-ring (bicyclic) bond motifs is 5. The molecule has 8 rings (SSSR count). The van der Waals surface area contributed by atoms with Gasteiger partial charge in [0.2, 0.25) is 0 Å².